The number of phenolic OH excluding ortho intramolecular Hbond substituents is 1. The summed E-state index contributed by atoms with van der Waals surface area (Å²) in [6.07, 6.45) is -2.71. The van der Waals surface area contributed by atoms with E-state index >= 15 is 0 Å². The minimum Gasteiger partial charge on any atom is -0.505 e. The Labute approximate surface area is 82.6 Å². The van der Waals surface area contributed by atoms with E-state index < -0.39 is 12.2 Å². The molecule has 0 spiro atoms. The summed E-state index contributed by atoms with van der Waals surface area (Å²) in [5, 5.41) is 11.7. The Hall–Kier alpha value is -1.36. The molecule has 14 heavy (non-hydrogen) atoms. The number of anilines is 1. The van der Waals surface area contributed by atoms with Gasteiger partial charge in [-0.15, -0.1) is 11.3 Å². The smallest absolute Gasteiger partial charge is 0.268 e. The SMILES string of the molecule is Nc1cc2ccsc2c(C(F)F)c1O. The summed E-state index contributed by atoms with van der Waals surface area (Å²) in [4.78, 5) is 0. The fourth-order valence-electron chi connectivity index (χ4n) is 1.35. The lowest BCUT2D eigenvalue weighted by molar-refractivity contribution is 0.149. The third kappa shape index (κ3) is 1.21. The van der Waals surface area contributed by atoms with Gasteiger partial charge >= 0.3 is 0 Å². The zero-order chi connectivity index (χ0) is 10.3. The van der Waals surface area contributed by atoms with Gasteiger partial charge in [0.2, 0.25) is 0 Å². The first-order valence-electron chi connectivity index (χ1n) is 3.88. The lowest BCUT2D eigenvalue weighted by Crippen LogP contribution is -1.92. The first-order chi connectivity index (χ1) is 6.61. The molecule has 0 saturated heterocycles. The predicted octanol–water partition coefficient (Wildman–Crippen LogP) is 3.13. The van der Waals surface area contributed by atoms with E-state index in [1.807, 2.05) is 0 Å². The van der Waals surface area contributed by atoms with Gasteiger partial charge in [0.05, 0.1) is 11.3 Å². The molecule has 2 nitrogen and oxygen atoms in total. The van der Waals surface area contributed by atoms with Crippen LogP contribution >= 0.6 is 11.3 Å². The Morgan fingerprint density at radius 2 is 2.14 bits per heavy atom. The molecule has 0 radical (unpaired) electrons. The molecule has 0 aliphatic rings. The van der Waals surface area contributed by atoms with E-state index in [0.717, 1.165) is 0 Å². The highest BCUT2D eigenvalue weighted by Gasteiger charge is 2.19. The molecule has 0 bridgehead atoms. The number of nitrogen functional groups attached to an aromatic ring is 1. The number of nitrogens with two attached hydrogens (primary N) is 1. The summed E-state index contributed by atoms with van der Waals surface area (Å²) in [7, 11) is 0. The fraction of sp³-hybridized carbons (Fsp3) is 0.111. The maximum atomic E-state index is 12.6. The molecule has 74 valence electrons. The number of halogens is 2. The molecule has 0 fully saturated rings. The molecule has 0 atom stereocenters. The van der Waals surface area contributed by atoms with Crippen LogP contribution in [0.4, 0.5) is 14.5 Å². The van der Waals surface area contributed by atoms with Crippen molar-refractivity contribution in [3.05, 3.63) is 23.1 Å². The predicted molar refractivity (Wildman–Crippen MR) is 52.9 cm³/mol. The molecular formula is C9H7F2NOS. The third-order valence-electron chi connectivity index (χ3n) is 2.00. The van der Waals surface area contributed by atoms with E-state index in [4.69, 9.17) is 5.73 Å². The van der Waals surface area contributed by atoms with Gasteiger partial charge in [-0.25, -0.2) is 8.78 Å². The van der Waals surface area contributed by atoms with Crippen LogP contribution in [0.15, 0.2) is 17.5 Å². The molecule has 2 rings (SSSR count). The van der Waals surface area contributed by atoms with Crippen LogP contribution in [0.25, 0.3) is 10.1 Å². The second-order valence-electron chi connectivity index (χ2n) is 2.87. The van der Waals surface area contributed by atoms with Gasteiger partial charge in [-0.2, -0.15) is 0 Å². The highest BCUT2D eigenvalue weighted by Crippen LogP contribution is 2.41. The van der Waals surface area contributed by atoms with Crippen molar-refractivity contribution in [1.82, 2.24) is 0 Å². The van der Waals surface area contributed by atoms with Crippen LogP contribution in [0.1, 0.15) is 12.0 Å². The van der Waals surface area contributed by atoms with Gasteiger partial charge in [0, 0.05) is 4.70 Å². The number of alkyl halides is 2. The van der Waals surface area contributed by atoms with Gasteiger partial charge in [0.15, 0.2) is 0 Å². The third-order valence-corrected chi connectivity index (χ3v) is 2.96. The van der Waals surface area contributed by atoms with Crippen LogP contribution in [0.3, 0.4) is 0 Å². The van der Waals surface area contributed by atoms with E-state index in [0.29, 0.717) is 10.1 Å². The Bertz CT molecular complexity index is 481. The van der Waals surface area contributed by atoms with E-state index in [1.165, 1.54) is 17.4 Å². The van der Waals surface area contributed by atoms with Crippen molar-refractivity contribution >= 4 is 27.1 Å². The van der Waals surface area contributed by atoms with E-state index in [1.54, 1.807) is 11.4 Å². The topological polar surface area (TPSA) is 46.2 Å². The van der Waals surface area contributed by atoms with Crippen molar-refractivity contribution < 1.29 is 13.9 Å². The number of phenols is 1. The van der Waals surface area contributed by atoms with Crippen LogP contribution < -0.4 is 5.73 Å². The highest BCUT2D eigenvalue weighted by atomic mass is 32.1. The number of aromatic hydroxyl groups is 1. The van der Waals surface area contributed by atoms with Gasteiger partial charge in [-0.1, -0.05) is 0 Å². The second kappa shape index (κ2) is 3.09. The molecule has 1 aromatic carbocycles. The molecule has 1 heterocycles. The van der Waals surface area contributed by atoms with Crippen LogP contribution in [0.2, 0.25) is 0 Å². The summed E-state index contributed by atoms with van der Waals surface area (Å²) in [6, 6.07) is 3.19. The minimum absolute atomic E-state index is 0.00815. The average Bonchev–Trinajstić information content (AvgIpc) is 2.52. The quantitative estimate of drug-likeness (QED) is 0.567. The summed E-state index contributed by atoms with van der Waals surface area (Å²) in [5.74, 6) is -0.505. The van der Waals surface area contributed by atoms with Crippen LogP contribution in [0.5, 0.6) is 5.75 Å². The molecule has 5 heteroatoms. The zero-order valence-corrected chi connectivity index (χ0v) is 7.81. The molecule has 0 saturated carbocycles. The van der Waals surface area contributed by atoms with E-state index in [-0.39, 0.29) is 11.3 Å². The Kier molecular flexibility index (Phi) is 2.03. The van der Waals surface area contributed by atoms with Crippen molar-refractivity contribution in [3.63, 3.8) is 0 Å². The van der Waals surface area contributed by atoms with Gasteiger partial charge in [-0.05, 0) is 22.9 Å². The number of benzene rings is 1. The zero-order valence-electron chi connectivity index (χ0n) is 7.00. The van der Waals surface area contributed by atoms with Crippen molar-refractivity contribution in [3.8, 4) is 5.75 Å². The van der Waals surface area contributed by atoms with Crippen LogP contribution in [-0.2, 0) is 0 Å². The summed E-state index contributed by atoms with van der Waals surface area (Å²) < 4.78 is 25.6. The Morgan fingerprint density at radius 1 is 1.43 bits per heavy atom. The lowest BCUT2D eigenvalue weighted by Gasteiger charge is -2.07. The van der Waals surface area contributed by atoms with Crippen LogP contribution in [0, 0.1) is 0 Å². The maximum Gasteiger partial charge on any atom is 0.268 e. The van der Waals surface area contributed by atoms with Crippen LogP contribution in [-0.4, -0.2) is 5.11 Å². The monoisotopic (exact) mass is 215 g/mol. The number of hydrogen-bond acceptors (Lipinski definition) is 3. The van der Waals surface area contributed by atoms with Gasteiger partial charge < -0.3 is 10.8 Å². The molecular weight excluding hydrogens is 208 g/mol. The average molecular weight is 215 g/mol. The van der Waals surface area contributed by atoms with Crippen molar-refractivity contribution in [2.45, 2.75) is 6.43 Å². The van der Waals surface area contributed by atoms with E-state index in [2.05, 4.69) is 0 Å². The summed E-state index contributed by atoms with van der Waals surface area (Å²) in [5.41, 5.74) is 5.03. The standard InChI is InChI=1S/C9H7F2NOS/c10-9(11)6-7(13)5(12)3-4-1-2-14-8(4)6/h1-3,9,13H,12H2. The van der Waals surface area contributed by atoms with Gasteiger partial charge in [-0.3, -0.25) is 0 Å². The molecule has 2 aromatic rings. The second-order valence-corrected chi connectivity index (χ2v) is 3.78. The Morgan fingerprint density at radius 3 is 2.79 bits per heavy atom. The molecule has 0 amide bonds. The van der Waals surface area contributed by atoms with Crippen molar-refractivity contribution in [2.24, 2.45) is 0 Å². The molecule has 1 aromatic heterocycles. The number of hydrogen-bond donors (Lipinski definition) is 2. The molecule has 0 unspecified atom stereocenters. The van der Waals surface area contributed by atoms with Gasteiger partial charge in [0.1, 0.15) is 5.75 Å². The van der Waals surface area contributed by atoms with Crippen molar-refractivity contribution in [1.29, 1.82) is 0 Å². The largest absolute Gasteiger partial charge is 0.505 e. The number of fused-ring (bicyclic) bond motifs is 1. The fourth-order valence-corrected chi connectivity index (χ4v) is 2.28. The maximum absolute atomic E-state index is 12.6. The lowest BCUT2D eigenvalue weighted by atomic mass is 10.1. The van der Waals surface area contributed by atoms with Crippen molar-refractivity contribution in [2.75, 3.05) is 5.73 Å². The number of rotatable bonds is 1. The molecule has 3 N–H and O–H groups in total. The normalized spacial score (nSPS) is 11.4. The summed E-state index contributed by atoms with van der Waals surface area (Å²) in [6.45, 7) is 0. The Balaban J connectivity index is 2.86. The van der Waals surface area contributed by atoms with Gasteiger partial charge in [0.25, 0.3) is 6.43 Å². The van der Waals surface area contributed by atoms with E-state index in [9.17, 15) is 13.9 Å². The highest BCUT2D eigenvalue weighted by molar-refractivity contribution is 7.17. The summed E-state index contributed by atoms with van der Waals surface area (Å²) >= 11 is 1.17. The minimum atomic E-state index is -2.71. The first-order valence-corrected chi connectivity index (χ1v) is 4.76. The number of thiophene rings is 1. The molecule has 0 aliphatic carbocycles. The first kappa shape index (κ1) is 9.21. The molecule has 0 aliphatic heterocycles.